The van der Waals surface area contributed by atoms with Crippen molar-refractivity contribution < 1.29 is 9.53 Å². The number of rotatable bonds is 5. The van der Waals surface area contributed by atoms with E-state index in [-0.39, 0.29) is 23.8 Å². The van der Waals surface area contributed by atoms with E-state index in [4.69, 9.17) is 9.72 Å². The molecule has 3 aromatic rings. The summed E-state index contributed by atoms with van der Waals surface area (Å²) in [5, 5.41) is 0. The summed E-state index contributed by atoms with van der Waals surface area (Å²) in [6.07, 6.45) is 6.97. The Morgan fingerprint density at radius 2 is 1.93 bits per heavy atom. The van der Waals surface area contributed by atoms with Crippen LogP contribution < -0.4 is 4.74 Å². The molecule has 2 fully saturated rings. The van der Waals surface area contributed by atoms with Gasteiger partial charge in [-0.05, 0) is 26.7 Å². The lowest BCUT2D eigenvalue weighted by Gasteiger charge is -2.17. The summed E-state index contributed by atoms with van der Waals surface area (Å²) in [6.45, 7) is 8.02. The number of imidazole rings is 1. The van der Waals surface area contributed by atoms with Crippen LogP contribution in [0.15, 0.2) is 18.7 Å². The molecule has 0 N–H and O–H groups in total. The molecule has 5 rings (SSSR count). The standard InChI is InChI=1S/C21H25N7O2/c1-4-28-18(15-7-22-13(3)23-8-15)26-17-19(28)24-11-25-20(17)30-16-10-27(9-12(16)2)21(29)14-5-6-14/h7-8,11-12,14,16H,4-6,9-10H2,1-3H3. The summed E-state index contributed by atoms with van der Waals surface area (Å²) in [5.74, 6) is 2.62. The monoisotopic (exact) mass is 407 g/mol. The first kappa shape index (κ1) is 18.9. The van der Waals surface area contributed by atoms with E-state index >= 15 is 0 Å². The zero-order valence-electron chi connectivity index (χ0n) is 17.4. The van der Waals surface area contributed by atoms with Crippen LogP contribution in [0.25, 0.3) is 22.6 Å². The van der Waals surface area contributed by atoms with Crippen LogP contribution in [0.5, 0.6) is 5.88 Å². The van der Waals surface area contributed by atoms with Crippen LogP contribution in [-0.2, 0) is 11.3 Å². The maximum atomic E-state index is 12.4. The van der Waals surface area contributed by atoms with E-state index in [9.17, 15) is 4.79 Å². The predicted octanol–water partition coefficient (Wildman–Crippen LogP) is 2.25. The number of fused-ring (bicyclic) bond motifs is 1. The number of ether oxygens (including phenoxy) is 1. The summed E-state index contributed by atoms with van der Waals surface area (Å²) in [4.78, 5) is 36.6. The van der Waals surface area contributed by atoms with E-state index in [2.05, 4.69) is 26.9 Å². The van der Waals surface area contributed by atoms with Crippen molar-refractivity contribution in [3.05, 3.63) is 24.5 Å². The van der Waals surface area contributed by atoms with Gasteiger partial charge in [0, 0.05) is 37.3 Å². The number of likely N-dealkylation sites (tertiary alicyclic amines) is 1. The molecular weight excluding hydrogens is 382 g/mol. The van der Waals surface area contributed by atoms with E-state index in [0.717, 1.165) is 36.4 Å². The minimum atomic E-state index is -0.108. The molecule has 4 heterocycles. The van der Waals surface area contributed by atoms with Gasteiger partial charge in [-0.3, -0.25) is 4.79 Å². The zero-order valence-corrected chi connectivity index (χ0v) is 17.4. The molecule has 0 spiro atoms. The molecule has 1 saturated carbocycles. The second-order valence-electron chi connectivity index (χ2n) is 8.20. The Morgan fingerprint density at radius 1 is 1.17 bits per heavy atom. The fourth-order valence-electron chi connectivity index (χ4n) is 4.03. The third-order valence-electron chi connectivity index (χ3n) is 5.90. The average molecular weight is 407 g/mol. The Hall–Kier alpha value is -3.10. The fourth-order valence-corrected chi connectivity index (χ4v) is 4.03. The molecule has 0 aromatic carbocycles. The van der Waals surface area contributed by atoms with Gasteiger partial charge in [0.25, 0.3) is 0 Å². The van der Waals surface area contributed by atoms with Crippen molar-refractivity contribution in [2.24, 2.45) is 11.8 Å². The smallest absolute Gasteiger partial charge is 0.245 e. The van der Waals surface area contributed by atoms with Gasteiger partial charge in [0.2, 0.25) is 11.8 Å². The normalized spacial score (nSPS) is 21.4. The number of hydrogen-bond donors (Lipinski definition) is 0. The molecule has 1 saturated heterocycles. The first-order valence-corrected chi connectivity index (χ1v) is 10.5. The van der Waals surface area contributed by atoms with Crippen LogP contribution in [0.1, 0.15) is 32.5 Å². The molecule has 2 unspecified atom stereocenters. The fraction of sp³-hybridized carbons (Fsp3) is 0.524. The third kappa shape index (κ3) is 3.28. The zero-order chi connectivity index (χ0) is 20.8. The Morgan fingerprint density at radius 3 is 2.63 bits per heavy atom. The number of nitrogens with zero attached hydrogens (tertiary/aromatic N) is 7. The van der Waals surface area contributed by atoms with Crippen molar-refractivity contribution in [2.75, 3.05) is 13.1 Å². The first-order valence-electron chi connectivity index (χ1n) is 10.5. The van der Waals surface area contributed by atoms with Gasteiger partial charge in [-0.1, -0.05) is 6.92 Å². The van der Waals surface area contributed by atoms with E-state index < -0.39 is 0 Å². The van der Waals surface area contributed by atoms with Crippen molar-refractivity contribution in [3.8, 4) is 17.3 Å². The highest BCUT2D eigenvalue weighted by molar-refractivity contribution is 5.82. The third-order valence-corrected chi connectivity index (χ3v) is 5.90. The Bertz CT molecular complexity index is 1090. The number of hydrogen-bond acceptors (Lipinski definition) is 7. The van der Waals surface area contributed by atoms with Crippen molar-refractivity contribution in [1.82, 2.24) is 34.4 Å². The molecule has 9 heteroatoms. The lowest BCUT2D eigenvalue weighted by atomic mass is 10.1. The van der Waals surface area contributed by atoms with Crippen LogP contribution in [0.3, 0.4) is 0 Å². The lowest BCUT2D eigenvalue weighted by Crippen LogP contribution is -2.32. The van der Waals surface area contributed by atoms with Gasteiger partial charge in [0.1, 0.15) is 24.1 Å². The van der Waals surface area contributed by atoms with Crippen LogP contribution >= 0.6 is 0 Å². The Balaban J connectivity index is 1.46. The van der Waals surface area contributed by atoms with Gasteiger partial charge in [0.15, 0.2) is 11.2 Å². The van der Waals surface area contributed by atoms with E-state index in [1.165, 1.54) is 6.33 Å². The van der Waals surface area contributed by atoms with Gasteiger partial charge in [-0.2, -0.15) is 4.98 Å². The van der Waals surface area contributed by atoms with Crippen molar-refractivity contribution in [2.45, 2.75) is 46.3 Å². The molecule has 1 amide bonds. The molecule has 2 atom stereocenters. The topological polar surface area (TPSA) is 98.9 Å². The molecule has 156 valence electrons. The minimum absolute atomic E-state index is 0.108. The largest absolute Gasteiger partial charge is 0.470 e. The highest BCUT2D eigenvalue weighted by atomic mass is 16.5. The molecule has 30 heavy (non-hydrogen) atoms. The summed E-state index contributed by atoms with van der Waals surface area (Å²) in [5.41, 5.74) is 2.16. The molecule has 1 aliphatic heterocycles. The molecule has 1 aliphatic carbocycles. The van der Waals surface area contributed by atoms with Crippen LogP contribution in [-0.4, -0.2) is 59.5 Å². The average Bonchev–Trinajstić information content (AvgIpc) is 3.44. The molecular formula is C21H25N7O2. The number of aromatic nitrogens is 6. The predicted molar refractivity (Wildman–Crippen MR) is 110 cm³/mol. The van der Waals surface area contributed by atoms with Crippen LogP contribution in [0.2, 0.25) is 0 Å². The molecule has 0 bridgehead atoms. The maximum Gasteiger partial charge on any atom is 0.245 e. The van der Waals surface area contributed by atoms with E-state index in [1.807, 2.05) is 23.3 Å². The van der Waals surface area contributed by atoms with Crippen LogP contribution in [0.4, 0.5) is 0 Å². The van der Waals surface area contributed by atoms with Gasteiger partial charge in [-0.25, -0.2) is 19.9 Å². The summed E-state index contributed by atoms with van der Waals surface area (Å²) in [6, 6.07) is 0. The van der Waals surface area contributed by atoms with E-state index in [1.54, 1.807) is 12.4 Å². The molecule has 3 aromatic heterocycles. The van der Waals surface area contributed by atoms with Crippen molar-refractivity contribution in [3.63, 3.8) is 0 Å². The Kier molecular flexibility index (Phi) is 4.60. The second kappa shape index (κ2) is 7.30. The summed E-state index contributed by atoms with van der Waals surface area (Å²) >= 11 is 0. The summed E-state index contributed by atoms with van der Waals surface area (Å²) < 4.78 is 8.31. The highest BCUT2D eigenvalue weighted by Gasteiger charge is 2.40. The van der Waals surface area contributed by atoms with Gasteiger partial charge >= 0.3 is 0 Å². The number of aryl methyl sites for hydroxylation is 2. The number of carbonyl (C=O) groups is 1. The SMILES string of the molecule is CCn1c(-c2cnc(C)nc2)nc2c(OC3CN(C(=O)C4CC4)CC3C)ncnc21. The first-order chi connectivity index (χ1) is 14.5. The van der Waals surface area contributed by atoms with Gasteiger partial charge in [-0.15, -0.1) is 0 Å². The molecule has 0 radical (unpaired) electrons. The minimum Gasteiger partial charge on any atom is -0.470 e. The highest BCUT2D eigenvalue weighted by Crippen LogP contribution is 2.34. The van der Waals surface area contributed by atoms with Gasteiger partial charge < -0.3 is 14.2 Å². The molecule has 9 nitrogen and oxygen atoms in total. The van der Waals surface area contributed by atoms with Gasteiger partial charge in [0.05, 0.1) is 12.1 Å². The molecule has 2 aliphatic rings. The lowest BCUT2D eigenvalue weighted by molar-refractivity contribution is -0.131. The van der Waals surface area contributed by atoms with Crippen LogP contribution in [0, 0.1) is 18.8 Å². The Labute approximate surface area is 174 Å². The van der Waals surface area contributed by atoms with Crippen molar-refractivity contribution in [1.29, 1.82) is 0 Å². The quantitative estimate of drug-likeness (QED) is 0.639. The van der Waals surface area contributed by atoms with E-state index in [0.29, 0.717) is 30.3 Å². The van der Waals surface area contributed by atoms with Crippen molar-refractivity contribution >= 4 is 17.1 Å². The maximum absolute atomic E-state index is 12.4. The second-order valence-corrected chi connectivity index (χ2v) is 8.20. The summed E-state index contributed by atoms with van der Waals surface area (Å²) in [7, 11) is 0. The number of amides is 1. The number of carbonyl (C=O) groups excluding carboxylic acids is 1.